The van der Waals surface area contributed by atoms with Gasteiger partial charge < -0.3 is 32.7 Å². The molecule has 0 aliphatic heterocycles. The summed E-state index contributed by atoms with van der Waals surface area (Å²) < 4.78 is 0. The minimum atomic E-state index is -3.36. The third kappa shape index (κ3) is 2.93. The fourth-order valence-electron chi connectivity index (χ4n) is 1.39. The van der Waals surface area contributed by atoms with E-state index in [-0.39, 0.29) is 12.3 Å². The Bertz CT molecular complexity index is 317. The van der Waals surface area contributed by atoms with Crippen LogP contribution in [0.2, 0.25) is 0 Å². The van der Waals surface area contributed by atoms with E-state index < -0.39 is 41.6 Å². The highest BCUT2D eigenvalue weighted by Crippen LogP contribution is 2.32. The second kappa shape index (κ2) is 7.19. The van der Waals surface area contributed by atoms with Gasteiger partial charge in [0.05, 0.1) is 5.92 Å². The molecule has 0 spiro atoms. The molecule has 106 valence electrons. The smallest absolute Gasteiger partial charge is 0.333 e. The first-order chi connectivity index (χ1) is 7.22. The third-order valence-corrected chi connectivity index (χ3v) is 2.24. The van der Waals surface area contributed by atoms with Gasteiger partial charge in [-0.3, -0.25) is 19.2 Å². The van der Waals surface area contributed by atoms with Crippen molar-refractivity contribution in [2.75, 3.05) is 0 Å². The first-order valence-corrected chi connectivity index (χ1v) is 4.15. The molecule has 10 nitrogen and oxygen atoms in total. The molecule has 1 atom stereocenters. The van der Waals surface area contributed by atoms with Crippen LogP contribution in [0.1, 0.15) is 13.3 Å². The fourth-order valence-corrected chi connectivity index (χ4v) is 1.39. The second-order valence-electron chi connectivity index (χ2n) is 3.02. The molecule has 0 aromatic rings. The topological polar surface area (TPSA) is 219 Å². The van der Waals surface area contributed by atoms with Gasteiger partial charge in [0.2, 0.25) is 0 Å². The summed E-state index contributed by atoms with van der Waals surface area (Å²) in [5, 5.41) is 34.7. The SMILES string of the molecule is CCC(C(=O)O)C(C(=O)O)(C(=O)O)C(=O)O.N.N. The fraction of sp³-hybridized carbons (Fsp3) is 0.500. The first-order valence-electron chi connectivity index (χ1n) is 4.15. The molecule has 10 heteroatoms. The molecule has 0 heterocycles. The number of rotatable bonds is 6. The van der Waals surface area contributed by atoms with Gasteiger partial charge in [0.15, 0.2) is 0 Å². The van der Waals surface area contributed by atoms with Gasteiger partial charge in [-0.15, -0.1) is 0 Å². The Morgan fingerprint density at radius 2 is 1.17 bits per heavy atom. The first kappa shape index (κ1) is 21.1. The lowest BCUT2D eigenvalue weighted by molar-refractivity contribution is -0.185. The van der Waals surface area contributed by atoms with Crippen molar-refractivity contribution < 1.29 is 39.6 Å². The minimum absolute atomic E-state index is 0. The standard InChI is InChI=1S/C8H10O8.2H3N/c1-2-3(4(9)10)8(5(11)12,6(13)14)7(15)16;;/h3H,2H2,1H3,(H,9,10)(H,11,12)(H,13,14)(H,15,16);2*1H3. The molecule has 18 heavy (non-hydrogen) atoms. The Morgan fingerprint density at radius 3 is 1.22 bits per heavy atom. The molecule has 0 aliphatic rings. The zero-order chi connectivity index (χ0) is 13.1. The van der Waals surface area contributed by atoms with Crippen LogP contribution in [0.4, 0.5) is 0 Å². The highest BCUT2D eigenvalue weighted by Gasteiger charge is 2.62. The molecular formula is C8H16N2O8. The molecule has 1 unspecified atom stereocenters. The lowest BCUT2D eigenvalue weighted by Gasteiger charge is -2.25. The van der Waals surface area contributed by atoms with E-state index in [1.807, 2.05) is 0 Å². The van der Waals surface area contributed by atoms with Crippen molar-refractivity contribution in [3.8, 4) is 0 Å². The van der Waals surface area contributed by atoms with Crippen molar-refractivity contribution in [3.05, 3.63) is 0 Å². The maximum Gasteiger partial charge on any atom is 0.333 e. The maximum absolute atomic E-state index is 10.8. The molecular weight excluding hydrogens is 252 g/mol. The van der Waals surface area contributed by atoms with Crippen LogP contribution in [0, 0.1) is 11.3 Å². The van der Waals surface area contributed by atoms with Crippen molar-refractivity contribution in [3.63, 3.8) is 0 Å². The zero-order valence-electron chi connectivity index (χ0n) is 9.62. The monoisotopic (exact) mass is 268 g/mol. The number of carboxylic acid groups (broad SMARTS) is 4. The van der Waals surface area contributed by atoms with Crippen LogP contribution in [0.5, 0.6) is 0 Å². The molecule has 0 saturated heterocycles. The largest absolute Gasteiger partial charge is 0.481 e. The number of hydrogen-bond acceptors (Lipinski definition) is 6. The summed E-state index contributed by atoms with van der Waals surface area (Å²) in [6.45, 7) is 1.20. The van der Waals surface area contributed by atoms with Crippen molar-refractivity contribution in [1.82, 2.24) is 12.3 Å². The van der Waals surface area contributed by atoms with E-state index in [1.54, 1.807) is 0 Å². The van der Waals surface area contributed by atoms with E-state index >= 15 is 0 Å². The molecule has 0 fully saturated rings. The van der Waals surface area contributed by atoms with Crippen LogP contribution in [-0.2, 0) is 19.2 Å². The van der Waals surface area contributed by atoms with Crippen LogP contribution in [0.15, 0.2) is 0 Å². The summed E-state index contributed by atoms with van der Waals surface area (Å²) in [5.41, 5.74) is -3.36. The number of aliphatic carboxylic acids is 4. The van der Waals surface area contributed by atoms with Gasteiger partial charge in [0.1, 0.15) is 0 Å². The highest BCUT2D eigenvalue weighted by atomic mass is 16.4. The van der Waals surface area contributed by atoms with Crippen molar-refractivity contribution in [1.29, 1.82) is 0 Å². The van der Waals surface area contributed by atoms with Crippen LogP contribution in [-0.4, -0.2) is 44.3 Å². The molecule has 0 aromatic heterocycles. The predicted octanol–water partition coefficient (Wildman–Crippen LogP) is -0.339. The quantitative estimate of drug-likeness (QED) is 0.344. The average Bonchev–Trinajstić information content (AvgIpc) is 2.10. The van der Waals surface area contributed by atoms with Gasteiger partial charge in [-0.05, 0) is 6.42 Å². The van der Waals surface area contributed by atoms with E-state index in [1.165, 1.54) is 6.92 Å². The van der Waals surface area contributed by atoms with Crippen LogP contribution < -0.4 is 12.3 Å². The van der Waals surface area contributed by atoms with Crippen molar-refractivity contribution >= 4 is 23.9 Å². The zero-order valence-corrected chi connectivity index (χ0v) is 9.62. The molecule has 0 amide bonds. The third-order valence-electron chi connectivity index (χ3n) is 2.24. The van der Waals surface area contributed by atoms with Crippen molar-refractivity contribution in [2.24, 2.45) is 11.3 Å². The van der Waals surface area contributed by atoms with Gasteiger partial charge >= 0.3 is 23.9 Å². The predicted molar refractivity (Wildman–Crippen MR) is 56.8 cm³/mol. The number of carboxylic acids is 4. The van der Waals surface area contributed by atoms with E-state index in [9.17, 15) is 19.2 Å². The maximum atomic E-state index is 10.8. The number of carbonyl (C=O) groups is 4. The van der Waals surface area contributed by atoms with Gasteiger partial charge in [0, 0.05) is 0 Å². The Balaban J connectivity index is -0.00000112. The Kier molecular flexibility index (Phi) is 8.44. The van der Waals surface area contributed by atoms with E-state index in [0.29, 0.717) is 0 Å². The summed E-state index contributed by atoms with van der Waals surface area (Å²) in [7, 11) is 0. The van der Waals surface area contributed by atoms with Crippen molar-refractivity contribution in [2.45, 2.75) is 13.3 Å². The molecule has 0 aromatic carbocycles. The van der Waals surface area contributed by atoms with Crippen LogP contribution >= 0.6 is 0 Å². The van der Waals surface area contributed by atoms with E-state index in [4.69, 9.17) is 20.4 Å². The summed E-state index contributed by atoms with van der Waals surface area (Å²) >= 11 is 0. The Hall–Kier alpha value is -2.20. The molecule has 0 bridgehead atoms. The molecule has 0 aliphatic carbocycles. The highest BCUT2D eigenvalue weighted by molar-refractivity contribution is 6.18. The normalized spacial score (nSPS) is 11.4. The van der Waals surface area contributed by atoms with E-state index in [0.717, 1.165) is 0 Å². The van der Waals surface area contributed by atoms with Crippen LogP contribution in [0.3, 0.4) is 0 Å². The lowest BCUT2D eigenvalue weighted by Crippen LogP contribution is -2.54. The second-order valence-corrected chi connectivity index (χ2v) is 3.02. The van der Waals surface area contributed by atoms with Gasteiger partial charge in [-0.1, -0.05) is 6.92 Å². The molecule has 0 saturated carbocycles. The summed E-state index contributed by atoms with van der Waals surface area (Å²) in [5.74, 6) is -10.4. The average molecular weight is 268 g/mol. The number of hydrogen-bond donors (Lipinski definition) is 6. The Labute approximate surface area is 101 Å². The summed E-state index contributed by atoms with van der Waals surface area (Å²) in [6, 6.07) is 0. The molecule has 0 rings (SSSR count). The molecule has 0 radical (unpaired) electrons. The van der Waals surface area contributed by atoms with E-state index in [2.05, 4.69) is 0 Å². The minimum Gasteiger partial charge on any atom is -0.481 e. The van der Waals surface area contributed by atoms with Gasteiger partial charge in [0.25, 0.3) is 5.41 Å². The molecule has 10 N–H and O–H groups in total. The summed E-state index contributed by atoms with van der Waals surface area (Å²) in [4.78, 5) is 43.1. The van der Waals surface area contributed by atoms with Gasteiger partial charge in [-0.25, -0.2) is 0 Å². The van der Waals surface area contributed by atoms with Gasteiger partial charge in [-0.2, -0.15) is 0 Å². The summed E-state index contributed by atoms with van der Waals surface area (Å²) in [6.07, 6.45) is -0.430. The lowest BCUT2D eigenvalue weighted by atomic mass is 9.74. The van der Waals surface area contributed by atoms with Crippen LogP contribution in [0.25, 0.3) is 0 Å². The Morgan fingerprint density at radius 1 is 0.889 bits per heavy atom.